The molecule has 26 heavy (non-hydrogen) atoms. The van der Waals surface area contributed by atoms with E-state index in [4.69, 9.17) is 23.1 Å². The van der Waals surface area contributed by atoms with Crippen molar-refractivity contribution in [3.05, 3.63) is 63.6 Å². The van der Waals surface area contributed by atoms with E-state index >= 15 is 0 Å². The molecule has 1 aromatic heterocycles. The third-order valence-electron chi connectivity index (χ3n) is 3.27. The Bertz CT molecular complexity index is 927. The number of azo groups is 1. The summed E-state index contributed by atoms with van der Waals surface area (Å²) in [5, 5.41) is 21.1. The summed E-state index contributed by atoms with van der Waals surface area (Å²) in [5.41, 5.74) is 12.8. The lowest BCUT2D eigenvalue weighted by Gasteiger charge is -2.27. The highest BCUT2D eigenvalue weighted by atomic mass is 35.5. The molecule has 1 unspecified atom stereocenters. The van der Waals surface area contributed by atoms with Gasteiger partial charge in [0.2, 0.25) is 0 Å². The molecule has 0 fully saturated rings. The monoisotopic (exact) mass is 373 g/mol. The van der Waals surface area contributed by atoms with Crippen LogP contribution in [0, 0.1) is 10.1 Å². The number of nitrogens with one attached hydrogen (secondary N) is 1. The average molecular weight is 374 g/mol. The summed E-state index contributed by atoms with van der Waals surface area (Å²) < 4.78 is 0. The van der Waals surface area contributed by atoms with Gasteiger partial charge in [-0.15, -0.1) is 10.2 Å². The second-order valence-corrected chi connectivity index (χ2v) is 5.47. The predicted octanol–water partition coefficient (Wildman–Crippen LogP) is 1.61. The lowest BCUT2D eigenvalue weighted by atomic mass is 10.0. The maximum Gasteiger partial charge on any atom is 0.305 e. The zero-order valence-corrected chi connectivity index (χ0v) is 13.8. The van der Waals surface area contributed by atoms with Crippen molar-refractivity contribution in [2.24, 2.45) is 26.7 Å². The molecule has 132 valence electrons. The number of rotatable bonds is 4. The van der Waals surface area contributed by atoms with Crippen LogP contribution in [0.4, 0.5) is 11.6 Å². The number of aliphatic imine (C=N–C) groups is 1. The Labute approximate surface area is 151 Å². The molecule has 1 atom stereocenters. The maximum absolute atomic E-state index is 10.7. The zero-order chi connectivity index (χ0) is 18.7. The molecule has 0 spiro atoms. The van der Waals surface area contributed by atoms with Crippen molar-refractivity contribution in [2.75, 3.05) is 0 Å². The first kappa shape index (κ1) is 17.4. The normalized spacial score (nSPS) is 20.0. The summed E-state index contributed by atoms with van der Waals surface area (Å²) in [6.07, 6.45) is 2.99. The highest BCUT2D eigenvalue weighted by Crippen LogP contribution is 2.28. The van der Waals surface area contributed by atoms with Gasteiger partial charge in [-0.2, -0.15) is 0 Å². The van der Waals surface area contributed by atoms with Gasteiger partial charge in [-0.1, -0.05) is 11.6 Å². The molecule has 1 aliphatic rings. The molecule has 3 rings (SSSR count). The Balaban J connectivity index is 1.88. The van der Waals surface area contributed by atoms with Crippen molar-refractivity contribution in [1.29, 1.82) is 0 Å². The van der Waals surface area contributed by atoms with Gasteiger partial charge in [-0.05, 0) is 23.8 Å². The van der Waals surface area contributed by atoms with Crippen LogP contribution < -0.4 is 16.8 Å². The second kappa shape index (κ2) is 6.82. The molecule has 11 nitrogen and oxygen atoms in total. The number of nitrogens with zero attached hydrogens (tertiary/aromatic N) is 6. The third kappa shape index (κ3) is 3.63. The number of hydrogen-bond donors (Lipinski definition) is 3. The summed E-state index contributed by atoms with van der Waals surface area (Å²) in [4.78, 5) is 22.1. The molecular weight excluding hydrogens is 362 g/mol. The molecule has 0 saturated carbocycles. The maximum atomic E-state index is 10.7. The summed E-state index contributed by atoms with van der Waals surface area (Å²) in [7, 11) is 0. The Morgan fingerprint density at radius 3 is 2.46 bits per heavy atom. The van der Waals surface area contributed by atoms with Gasteiger partial charge in [0.25, 0.3) is 11.6 Å². The fourth-order valence-corrected chi connectivity index (χ4v) is 2.48. The molecule has 2 heterocycles. The molecule has 0 bridgehead atoms. The van der Waals surface area contributed by atoms with Crippen LogP contribution in [0.2, 0.25) is 0 Å². The van der Waals surface area contributed by atoms with Gasteiger partial charge in [0, 0.05) is 24.5 Å². The van der Waals surface area contributed by atoms with Gasteiger partial charge in [0.05, 0.1) is 10.5 Å². The van der Waals surface area contributed by atoms with E-state index in [0.717, 1.165) is 0 Å². The molecule has 0 aliphatic carbocycles. The number of halogens is 1. The fourth-order valence-electron chi connectivity index (χ4n) is 2.14. The van der Waals surface area contributed by atoms with Gasteiger partial charge in [-0.3, -0.25) is 15.8 Å². The predicted molar refractivity (Wildman–Crippen MR) is 94.1 cm³/mol. The van der Waals surface area contributed by atoms with E-state index in [0.29, 0.717) is 11.1 Å². The van der Waals surface area contributed by atoms with E-state index in [1.807, 2.05) is 0 Å². The van der Waals surface area contributed by atoms with Gasteiger partial charge < -0.3 is 11.1 Å². The summed E-state index contributed by atoms with van der Waals surface area (Å²) >= 11 is 6.24. The quantitative estimate of drug-likeness (QED) is 0.316. The van der Waals surface area contributed by atoms with Crippen LogP contribution >= 0.6 is 11.6 Å². The van der Waals surface area contributed by atoms with Crippen molar-refractivity contribution in [3.63, 3.8) is 0 Å². The zero-order valence-electron chi connectivity index (χ0n) is 13.1. The van der Waals surface area contributed by atoms with Crippen molar-refractivity contribution in [3.8, 4) is 0 Å². The number of nitro benzene ring substituents is 1. The first-order valence-electron chi connectivity index (χ1n) is 7.15. The average Bonchev–Trinajstić information content (AvgIpc) is 2.61. The van der Waals surface area contributed by atoms with Gasteiger partial charge in [-0.25, -0.2) is 15.0 Å². The minimum Gasteiger partial charge on any atom is -0.383 e. The number of hydrogen-bond acceptors (Lipinski definition) is 10. The molecular formula is C14H12ClN9O2. The molecule has 5 N–H and O–H groups in total. The number of amidine groups is 1. The van der Waals surface area contributed by atoms with Crippen LogP contribution in [0.1, 0.15) is 5.56 Å². The summed E-state index contributed by atoms with van der Waals surface area (Å²) in [6, 6.07) is 7.29. The van der Waals surface area contributed by atoms with Gasteiger partial charge in [0.1, 0.15) is 11.0 Å². The minimum absolute atomic E-state index is 0.00182. The fraction of sp³-hybridized carbons (Fsp3) is 0.0714. The van der Waals surface area contributed by atoms with Crippen LogP contribution in [-0.4, -0.2) is 26.6 Å². The SMILES string of the molecule is NC1=NC(N)(N=Nc2ncccn2)NC(Cl)=C1c1ccc([N+](=O)[O-])cc1. The number of nitrogens with two attached hydrogens (primary N) is 2. The molecule has 12 heteroatoms. The standard InChI is InChI=1S/C14H12ClN9O2/c15-11-10(8-2-4-9(5-3-8)24(25)26)12(16)21-14(17,20-11)23-22-13-18-6-1-7-19-13/h1-7,20H,17H2,(H2,16,21). The lowest BCUT2D eigenvalue weighted by molar-refractivity contribution is -0.384. The van der Waals surface area contributed by atoms with E-state index in [2.05, 4.69) is 30.5 Å². The van der Waals surface area contributed by atoms with Gasteiger partial charge >= 0.3 is 5.91 Å². The van der Waals surface area contributed by atoms with E-state index in [9.17, 15) is 10.1 Å². The molecule has 0 radical (unpaired) electrons. The van der Waals surface area contributed by atoms with Crippen molar-refractivity contribution < 1.29 is 4.92 Å². The minimum atomic E-state index is -1.73. The van der Waals surface area contributed by atoms with Crippen LogP contribution in [0.5, 0.6) is 0 Å². The van der Waals surface area contributed by atoms with Crippen molar-refractivity contribution in [2.45, 2.75) is 5.91 Å². The first-order chi connectivity index (χ1) is 12.4. The van der Waals surface area contributed by atoms with E-state index in [1.165, 1.54) is 36.7 Å². The molecule has 2 aromatic rings. The highest BCUT2D eigenvalue weighted by molar-refractivity contribution is 6.40. The molecule has 0 saturated heterocycles. The van der Waals surface area contributed by atoms with Crippen molar-refractivity contribution in [1.82, 2.24) is 15.3 Å². The topological polar surface area (TPSA) is 170 Å². The van der Waals surface area contributed by atoms with Gasteiger partial charge in [0.15, 0.2) is 0 Å². The lowest BCUT2D eigenvalue weighted by Crippen LogP contribution is -2.52. The number of aromatic nitrogens is 2. The summed E-state index contributed by atoms with van der Waals surface area (Å²) in [6.45, 7) is 0. The summed E-state index contributed by atoms with van der Waals surface area (Å²) in [5.74, 6) is -1.64. The second-order valence-electron chi connectivity index (χ2n) is 5.09. The van der Waals surface area contributed by atoms with Crippen LogP contribution in [-0.2, 0) is 0 Å². The molecule has 1 aromatic carbocycles. The van der Waals surface area contributed by atoms with Crippen LogP contribution in [0.15, 0.2) is 63.1 Å². The third-order valence-corrected chi connectivity index (χ3v) is 3.55. The van der Waals surface area contributed by atoms with Crippen LogP contribution in [0.25, 0.3) is 5.57 Å². The molecule has 1 aliphatic heterocycles. The first-order valence-corrected chi connectivity index (χ1v) is 7.53. The smallest absolute Gasteiger partial charge is 0.305 e. The largest absolute Gasteiger partial charge is 0.383 e. The Kier molecular flexibility index (Phi) is 4.56. The van der Waals surface area contributed by atoms with Crippen LogP contribution in [0.3, 0.4) is 0 Å². The van der Waals surface area contributed by atoms with E-state index in [-0.39, 0.29) is 22.6 Å². The number of nitro groups is 1. The number of benzene rings is 1. The number of non-ortho nitro benzene ring substituents is 1. The van der Waals surface area contributed by atoms with E-state index in [1.54, 1.807) is 6.07 Å². The van der Waals surface area contributed by atoms with E-state index < -0.39 is 10.8 Å². The highest BCUT2D eigenvalue weighted by Gasteiger charge is 2.32. The Hall–Kier alpha value is -3.44. The Morgan fingerprint density at radius 1 is 1.23 bits per heavy atom. The Morgan fingerprint density at radius 2 is 1.88 bits per heavy atom. The molecule has 0 amide bonds. The van der Waals surface area contributed by atoms with Crippen molar-refractivity contribution >= 4 is 34.6 Å².